The molecule has 0 rings (SSSR count). The Hall–Kier alpha value is -0.120. The van der Waals surface area contributed by atoms with Crippen molar-refractivity contribution in [1.82, 2.24) is 0 Å². The summed E-state index contributed by atoms with van der Waals surface area (Å²) in [4.78, 5) is 0. The van der Waals surface area contributed by atoms with Gasteiger partial charge in [-0.25, -0.2) is 0 Å². The minimum atomic E-state index is -1.34. The third-order valence-corrected chi connectivity index (χ3v) is 2.17. The van der Waals surface area contributed by atoms with Crippen LogP contribution in [0.25, 0.3) is 0 Å². The first-order valence-corrected chi connectivity index (χ1v) is 4.57. The van der Waals surface area contributed by atoms with Gasteiger partial charge in [0, 0.05) is 12.5 Å². The Morgan fingerprint density at radius 1 is 1.42 bits per heavy atom. The summed E-state index contributed by atoms with van der Waals surface area (Å²) in [6, 6.07) is 0. The molecule has 0 saturated carbocycles. The van der Waals surface area contributed by atoms with Gasteiger partial charge in [-0.2, -0.15) is 0 Å². The Bertz CT molecular complexity index is 116. The second kappa shape index (κ2) is 5.51. The molecule has 2 N–H and O–H groups in total. The highest BCUT2D eigenvalue weighted by Crippen LogP contribution is 2.21. The smallest absolute Gasteiger partial charge is 0.191 e. The molecule has 12 heavy (non-hydrogen) atoms. The molecular formula is C9H20O3. The second-order valence-corrected chi connectivity index (χ2v) is 3.16. The summed E-state index contributed by atoms with van der Waals surface area (Å²) in [5.74, 6) is -1.38. The largest absolute Gasteiger partial charge is 0.391 e. The number of hydrogen-bond donors (Lipinski definition) is 2. The van der Waals surface area contributed by atoms with E-state index in [0.29, 0.717) is 6.61 Å². The maximum atomic E-state index is 9.75. The quantitative estimate of drug-likeness (QED) is 0.597. The monoisotopic (exact) mass is 176 g/mol. The molecule has 0 aromatic carbocycles. The van der Waals surface area contributed by atoms with Gasteiger partial charge in [0.1, 0.15) is 0 Å². The molecule has 0 radical (unpaired) electrons. The zero-order chi connectivity index (χ0) is 9.61. The van der Waals surface area contributed by atoms with Crippen molar-refractivity contribution < 1.29 is 14.9 Å². The molecule has 0 aliphatic carbocycles. The summed E-state index contributed by atoms with van der Waals surface area (Å²) >= 11 is 0. The molecule has 0 fully saturated rings. The Morgan fingerprint density at radius 3 is 2.33 bits per heavy atom. The van der Waals surface area contributed by atoms with Crippen LogP contribution in [0.4, 0.5) is 0 Å². The predicted octanol–water partition coefficient (Wildman–Crippen LogP) is 1.14. The molecule has 0 spiro atoms. The Balaban J connectivity index is 4.03. The zero-order valence-electron chi connectivity index (χ0n) is 8.21. The van der Waals surface area contributed by atoms with Crippen molar-refractivity contribution in [2.24, 2.45) is 5.92 Å². The van der Waals surface area contributed by atoms with E-state index >= 15 is 0 Å². The van der Waals surface area contributed by atoms with Gasteiger partial charge >= 0.3 is 0 Å². The number of aliphatic hydroxyl groups excluding tert-OH is 1. The molecule has 3 heteroatoms. The van der Waals surface area contributed by atoms with Crippen molar-refractivity contribution in [1.29, 1.82) is 0 Å². The molecule has 3 nitrogen and oxygen atoms in total. The van der Waals surface area contributed by atoms with E-state index in [4.69, 9.17) is 9.84 Å². The lowest BCUT2D eigenvalue weighted by Crippen LogP contribution is -2.43. The zero-order valence-corrected chi connectivity index (χ0v) is 8.21. The van der Waals surface area contributed by atoms with Crippen LogP contribution in [0.1, 0.15) is 33.6 Å². The first-order chi connectivity index (χ1) is 5.60. The van der Waals surface area contributed by atoms with Gasteiger partial charge in [0.2, 0.25) is 0 Å². The Labute approximate surface area is 74.4 Å². The number of hydrogen-bond acceptors (Lipinski definition) is 3. The van der Waals surface area contributed by atoms with Gasteiger partial charge in [0.25, 0.3) is 0 Å². The maximum absolute atomic E-state index is 9.75. The molecule has 0 heterocycles. The van der Waals surface area contributed by atoms with Crippen molar-refractivity contribution in [2.45, 2.75) is 39.4 Å². The fraction of sp³-hybridized carbons (Fsp3) is 1.00. The standard InChI is InChI=1S/C9H20O3/c1-4-6-12-9(11,7-10)8(3)5-2/h8,10-11H,4-7H2,1-3H3. The minimum absolute atomic E-state index is 0.0333. The van der Waals surface area contributed by atoms with Crippen LogP contribution in [-0.4, -0.2) is 29.2 Å². The molecule has 0 bridgehead atoms. The lowest BCUT2D eigenvalue weighted by atomic mass is 9.99. The summed E-state index contributed by atoms with van der Waals surface area (Å²) in [6.45, 7) is 5.95. The van der Waals surface area contributed by atoms with E-state index in [1.807, 2.05) is 20.8 Å². The van der Waals surface area contributed by atoms with Crippen molar-refractivity contribution in [3.63, 3.8) is 0 Å². The lowest BCUT2D eigenvalue weighted by Gasteiger charge is -2.31. The van der Waals surface area contributed by atoms with Gasteiger partial charge in [0.15, 0.2) is 5.79 Å². The van der Waals surface area contributed by atoms with Crippen LogP contribution in [0.5, 0.6) is 0 Å². The highest BCUT2D eigenvalue weighted by atomic mass is 16.6. The first-order valence-electron chi connectivity index (χ1n) is 4.57. The van der Waals surface area contributed by atoms with Crippen molar-refractivity contribution in [3.05, 3.63) is 0 Å². The minimum Gasteiger partial charge on any atom is -0.391 e. The summed E-state index contributed by atoms with van der Waals surface area (Å²) in [5.41, 5.74) is 0. The topological polar surface area (TPSA) is 49.7 Å². The molecular weight excluding hydrogens is 156 g/mol. The Morgan fingerprint density at radius 2 is 2.00 bits per heavy atom. The van der Waals surface area contributed by atoms with Crippen LogP contribution >= 0.6 is 0 Å². The van der Waals surface area contributed by atoms with Crippen LogP contribution in [0.15, 0.2) is 0 Å². The second-order valence-electron chi connectivity index (χ2n) is 3.16. The molecule has 0 amide bonds. The van der Waals surface area contributed by atoms with Crippen molar-refractivity contribution in [2.75, 3.05) is 13.2 Å². The Kier molecular flexibility index (Phi) is 5.46. The lowest BCUT2D eigenvalue weighted by molar-refractivity contribution is -0.252. The molecule has 2 unspecified atom stereocenters. The van der Waals surface area contributed by atoms with Gasteiger partial charge in [-0.1, -0.05) is 20.8 Å². The van der Waals surface area contributed by atoms with E-state index < -0.39 is 5.79 Å². The molecule has 0 aromatic rings. The maximum Gasteiger partial charge on any atom is 0.191 e. The normalized spacial score (nSPS) is 18.8. The molecule has 0 aliphatic rings. The van der Waals surface area contributed by atoms with Gasteiger partial charge in [-0.05, 0) is 12.8 Å². The third-order valence-electron chi connectivity index (χ3n) is 2.17. The third kappa shape index (κ3) is 3.09. The van der Waals surface area contributed by atoms with Crippen molar-refractivity contribution >= 4 is 0 Å². The highest BCUT2D eigenvalue weighted by molar-refractivity contribution is 4.72. The molecule has 0 aromatic heterocycles. The van der Waals surface area contributed by atoms with E-state index in [1.165, 1.54) is 0 Å². The van der Waals surface area contributed by atoms with Gasteiger partial charge in [-0.3, -0.25) is 0 Å². The van der Waals surface area contributed by atoms with Gasteiger partial charge in [0.05, 0.1) is 6.61 Å². The SMILES string of the molecule is CCCOC(O)(CO)C(C)CC. The summed E-state index contributed by atoms with van der Waals surface area (Å²) < 4.78 is 5.19. The molecule has 0 saturated heterocycles. The van der Waals surface area contributed by atoms with Crippen molar-refractivity contribution in [3.8, 4) is 0 Å². The van der Waals surface area contributed by atoms with Crippen LogP contribution in [0.2, 0.25) is 0 Å². The molecule has 74 valence electrons. The number of ether oxygens (including phenoxy) is 1. The number of rotatable bonds is 6. The number of aliphatic hydroxyl groups is 2. The van der Waals surface area contributed by atoms with E-state index in [1.54, 1.807) is 0 Å². The van der Waals surface area contributed by atoms with Crippen LogP contribution in [0, 0.1) is 5.92 Å². The predicted molar refractivity (Wildman–Crippen MR) is 47.7 cm³/mol. The van der Waals surface area contributed by atoms with E-state index in [9.17, 15) is 5.11 Å². The fourth-order valence-electron chi connectivity index (χ4n) is 0.941. The van der Waals surface area contributed by atoms with Gasteiger partial charge in [-0.15, -0.1) is 0 Å². The summed E-state index contributed by atoms with van der Waals surface area (Å²) in [6.07, 6.45) is 1.64. The average Bonchev–Trinajstić information content (AvgIpc) is 2.12. The van der Waals surface area contributed by atoms with E-state index in [-0.39, 0.29) is 12.5 Å². The van der Waals surface area contributed by atoms with E-state index in [0.717, 1.165) is 12.8 Å². The van der Waals surface area contributed by atoms with E-state index in [2.05, 4.69) is 0 Å². The molecule has 0 aliphatic heterocycles. The summed E-state index contributed by atoms with van der Waals surface area (Å²) in [5, 5.41) is 18.7. The fourth-order valence-corrected chi connectivity index (χ4v) is 0.941. The van der Waals surface area contributed by atoms with Gasteiger partial charge < -0.3 is 14.9 Å². The summed E-state index contributed by atoms with van der Waals surface area (Å²) in [7, 11) is 0. The average molecular weight is 176 g/mol. The van der Waals surface area contributed by atoms with Crippen LogP contribution < -0.4 is 0 Å². The first kappa shape index (κ1) is 11.9. The van der Waals surface area contributed by atoms with Crippen LogP contribution in [0.3, 0.4) is 0 Å². The molecule has 2 atom stereocenters. The van der Waals surface area contributed by atoms with Crippen LogP contribution in [-0.2, 0) is 4.74 Å². The highest BCUT2D eigenvalue weighted by Gasteiger charge is 2.32.